The van der Waals surface area contributed by atoms with Gasteiger partial charge in [0.1, 0.15) is 0 Å². The zero-order chi connectivity index (χ0) is 20.9. The SMILES string of the molecule is CC(C)(C)[C@](C#Cc1ccccc1)(NC(=O)c1ccccc1)C(=O)N1CCCC1. The average molecular weight is 389 g/mol. The summed E-state index contributed by atoms with van der Waals surface area (Å²) in [5.41, 5.74) is -0.625. The molecular weight excluding hydrogens is 360 g/mol. The highest BCUT2D eigenvalue weighted by Crippen LogP contribution is 2.33. The van der Waals surface area contributed by atoms with Crippen LogP contribution in [-0.2, 0) is 4.79 Å². The van der Waals surface area contributed by atoms with E-state index in [-0.39, 0.29) is 11.8 Å². The third-order valence-electron chi connectivity index (χ3n) is 5.34. The topological polar surface area (TPSA) is 49.4 Å². The van der Waals surface area contributed by atoms with Crippen molar-refractivity contribution in [2.75, 3.05) is 13.1 Å². The van der Waals surface area contributed by atoms with Crippen LogP contribution in [0.4, 0.5) is 0 Å². The number of nitrogens with one attached hydrogen (secondary N) is 1. The molecule has 0 aliphatic carbocycles. The largest absolute Gasteiger partial charge is 0.340 e. The number of hydrogen-bond acceptors (Lipinski definition) is 2. The first-order valence-corrected chi connectivity index (χ1v) is 10.1. The van der Waals surface area contributed by atoms with Crippen LogP contribution in [-0.4, -0.2) is 35.3 Å². The van der Waals surface area contributed by atoms with Crippen molar-refractivity contribution in [1.82, 2.24) is 10.2 Å². The molecule has 1 heterocycles. The summed E-state index contributed by atoms with van der Waals surface area (Å²) >= 11 is 0. The second kappa shape index (κ2) is 8.53. The molecule has 2 aromatic carbocycles. The first-order chi connectivity index (χ1) is 13.8. The summed E-state index contributed by atoms with van der Waals surface area (Å²) in [6.07, 6.45) is 1.95. The lowest BCUT2D eigenvalue weighted by molar-refractivity contribution is -0.138. The summed E-state index contributed by atoms with van der Waals surface area (Å²) in [4.78, 5) is 28.6. The number of carbonyl (C=O) groups is 2. The second-order valence-electron chi connectivity index (χ2n) is 8.44. The lowest BCUT2D eigenvalue weighted by atomic mass is 9.72. The monoisotopic (exact) mass is 388 g/mol. The van der Waals surface area contributed by atoms with Gasteiger partial charge in [-0.1, -0.05) is 69.0 Å². The highest BCUT2D eigenvalue weighted by atomic mass is 16.2. The fourth-order valence-electron chi connectivity index (χ4n) is 3.51. The summed E-state index contributed by atoms with van der Waals surface area (Å²) in [6, 6.07) is 18.5. The zero-order valence-corrected chi connectivity index (χ0v) is 17.4. The van der Waals surface area contributed by atoms with Crippen LogP contribution >= 0.6 is 0 Å². The van der Waals surface area contributed by atoms with Gasteiger partial charge >= 0.3 is 0 Å². The molecule has 2 amide bonds. The van der Waals surface area contributed by atoms with E-state index < -0.39 is 11.0 Å². The number of benzene rings is 2. The van der Waals surface area contributed by atoms with Crippen molar-refractivity contribution in [2.24, 2.45) is 5.41 Å². The normalized spacial score (nSPS) is 15.8. The molecule has 1 atom stereocenters. The smallest absolute Gasteiger partial charge is 0.261 e. The van der Waals surface area contributed by atoms with Gasteiger partial charge in [0.2, 0.25) is 0 Å². The van der Waals surface area contributed by atoms with Crippen LogP contribution in [0.25, 0.3) is 0 Å². The molecular formula is C25H28N2O2. The van der Waals surface area contributed by atoms with Crippen molar-refractivity contribution in [1.29, 1.82) is 0 Å². The van der Waals surface area contributed by atoms with E-state index in [1.165, 1.54) is 0 Å². The van der Waals surface area contributed by atoms with Crippen LogP contribution in [0.1, 0.15) is 49.5 Å². The van der Waals surface area contributed by atoms with Crippen LogP contribution in [0.3, 0.4) is 0 Å². The standard InChI is InChI=1S/C25H28N2O2/c1-24(2,3)25(23(29)27-18-10-11-19-27,17-16-20-12-6-4-7-13-20)26-22(28)21-14-8-5-9-15-21/h4-9,12-15H,10-11,18-19H2,1-3H3,(H,26,28)/t25-/m1/s1. The predicted molar refractivity (Wildman–Crippen MR) is 115 cm³/mol. The van der Waals surface area contributed by atoms with Gasteiger partial charge in [0.25, 0.3) is 11.8 Å². The molecule has 0 bridgehead atoms. The fraction of sp³-hybridized carbons (Fsp3) is 0.360. The maximum absolute atomic E-state index is 13.7. The molecule has 0 aromatic heterocycles. The molecule has 29 heavy (non-hydrogen) atoms. The van der Waals surface area contributed by atoms with E-state index in [4.69, 9.17) is 0 Å². The quantitative estimate of drug-likeness (QED) is 0.812. The molecule has 4 nitrogen and oxygen atoms in total. The molecule has 1 N–H and O–H groups in total. The van der Waals surface area contributed by atoms with Gasteiger partial charge in [-0.25, -0.2) is 0 Å². The first kappa shape index (κ1) is 20.7. The lowest BCUT2D eigenvalue weighted by Gasteiger charge is -2.42. The Bertz CT molecular complexity index is 914. The molecule has 150 valence electrons. The number of likely N-dealkylation sites (tertiary alicyclic amines) is 1. The summed E-state index contributed by atoms with van der Waals surface area (Å²) < 4.78 is 0. The average Bonchev–Trinajstić information content (AvgIpc) is 3.26. The van der Waals surface area contributed by atoms with Crippen molar-refractivity contribution in [2.45, 2.75) is 39.2 Å². The Labute approximate surface area is 173 Å². The molecule has 1 aliphatic rings. The van der Waals surface area contributed by atoms with Gasteiger partial charge in [0.15, 0.2) is 5.54 Å². The van der Waals surface area contributed by atoms with E-state index in [2.05, 4.69) is 17.2 Å². The highest BCUT2D eigenvalue weighted by molar-refractivity contribution is 6.01. The second-order valence-corrected chi connectivity index (χ2v) is 8.44. The van der Waals surface area contributed by atoms with E-state index in [0.717, 1.165) is 18.4 Å². The van der Waals surface area contributed by atoms with Gasteiger partial charge in [0.05, 0.1) is 0 Å². The van der Waals surface area contributed by atoms with Gasteiger partial charge in [-0.15, -0.1) is 0 Å². The Morgan fingerprint density at radius 2 is 1.45 bits per heavy atom. The highest BCUT2D eigenvalue weighted by Gasteiger charge is 2.51. The molecule has 1 saturated heterocycles. The molecule has 0 saturated carbocycles. The zero-order valence-electron chi connectivity index (χ0n) is 17.4. The maximum atomic E-state index is 13.7. The minimum atomic E-state index is -1.33. The number of nitrogens with zero attached hydrogens (tertiary/aromatic N) is 1. The van der Waals surface area contributed by atoms with Crippen molar-refractivity contribution in [3.05, 3.63) is 71.8 Å². The summed E-state index contributed by atoms with van der Waals surface area (Å²) in [5.74, 6) is 5.91. The minimum Gasteiger partial charge on any atom is -0.340 e. The van der Waals surface area contributed by atoms with Crippen LogP contribution in [0.5, 0.6) is 0 Å². The van der Waals surface area contributed by atoms with Gasteiger partial charge in [-0.3, -0.25) is 9.59 Å². The van der Waals surface area contributed by atoms with E-state index >= 15 is 0 Å². The van der Waals surface area contributed by atoms with Crippen LogP contribution in [0, 0.1) is 17.3 Å². The van der Waals surface area contributed by atoms with E-state index in [1.807, 2.05) is 74.2 Å². The lowest BCUT2D eigenvalue weighted by Crippen LogP contribution is -2.65. The van der Waals surface area contributed by atoms with Gasteiger partial charge in [-0.05, 0) is 37.1 Å². The Kier molecular flexibility index (Phi) is 6.08. The summed E-state index contributed by atoms with van der Waals surface area (Å²) in [6.45, 7) is 7.25. The third-order valence-corrected chi connectivity index (χ3v) is 5.34. The van der Waals surface area contributed by atoms with Crippen molar-refractivity contribution >= 4 is 11.8 Å². The van der Waals surface area contributed by atoms with Crippen LogP contribution in [0.2, 0.25) is 0 Å². The van der Waals surface area contributed by atoms with E-state index in [9.17, 15) is 9.59 Å². The fourth-order valence-corrected chi connectivity index (χ4v) is 3.51. The molecule has 0 radical (unpaired) electrons. The molecule has 1 aliphatic heterocycles. The molecule has 4 heteroatoms. The third kappa shape index (κ3) is 4.51. The van der Waals surface area contributed by atoms with Gasteiger partial charge in [-0.2, -0.15) is 0 Å². The number of rotatable bonds is 3. The maximum Gasteiger partial charge on any atom is 0.261 e. The molecule has 3 rings (SSSR count). The Hall–Kier alpha value is -3.06. The summed E-state index contributed by atoms with van der Waals surface area (Å²) in [5, 5.41) is 3.03. The van der Waals surface area contributed by atoms with Crippen molar-refractivity contribution in [3.8, 4) is 11.8 Å². The molecule has 0 spiro atoms. The minimum absolute atomic E-state index is 0.129. The molecule has 1 fully saturated rings. The predicted octanol–water partition coefficient (Wildman–Crippen LogP) is 3.88. The Morgan fingerprint density at radius 1 is 0.897 bits per heavy atom. The van der Waals surface area contributed by atoms with Crippen LogP contribution in [0.15, 0.2) is 60.7 Å². The van der Waals surface area contributed by atoms with Gasteiger partial charge in [0, 0.05) is 29.6 Å². The van der Waals surface area contributed by atoms with E-state index in [1.54, 1.807) is 12.1 Å². The van der Waals surface area contributed by atoms with Crippen molar-refractivity contribution < 1.29 is 9.59 Å². The Balaban J connectivity index is 2.07. The number of amides is 2. The molecule has 2 aromatic rings. The number of carbonyl (C=O) groups excluding carboxylic acids is 2. The number of hydrogen-bond donors (Lipinski definition) is 1. The summed E-state index contributed by atoms with van der Waals surface area (Å²) in [7, 11) is 0. The molecule has 0 unspecified atom stereocenters. The van der Waals surface area contributed by atoms with Crippen molar-refractivity contribution in [3.63, 3.8) is 0 Å². The van der Waals surface area contributed by atoms with E-state index in [0.29, 0.717) is 18.7 Å². The van der Waals surface area contributed by atoms with Gasteiger partial charge < -0.3 is 10.2 Å². The Morgan fingerprint density at radius 3 is 2.00 bits per heavy atom. The van der Waals surface area contributed by atoms with Crippen LogP contribution < -0.4 is 5.32 Å². The first-order valence-electron chi connectivity index (χ1n) is 10.1.